The molecule has 0 saturated carbocycles. The third kappa shape index (κ3) is 3.98. The molecule has 0 fully saturated rings. The van der Waals surface area contributed by atoms with Crippen LogP contribution >= 0.6 is 0 Å². The zero-order valence-corrected chi connectivity index (χ0v) is 10.8. The molecule has 1 aliphatic carbocycles. The quantitative estimate of drug-likeness (QED) is 0.701. The molecular weight excluding hydrogens is 216 g/mol. The van der Waals surface area contributed by atoms with E-state index in [4.69, 9.17) is 10.5 Å². The molecule has 0 amide bonds. The van der Waals surface area contributed by atoms with E-state index in [-0.39, 0.29) is 24.0 Å². The van der Waals surface area contributed by atoms with Gasteiger partial charge in [0, 0.05) is 18.0 Å². The molecule has 0 radical (unpaired) electrons. The zero-order valence-electron chi connectivity index (χ0n) is 10.8. The van der Waals surface area contributed by atoms with Crippen LogP contribution in [0.4, 0.5) is 0 Å². The highest BCUT2D eigenvalue weighted by Gasteiger charge is 2.30. The van der Waals surface area contributed by atoms with E-state index < -0.39 is 0 Å². The maximum absolute atomic E-state index is 11.2. The molecule has 0 heterocycles. The Morgan fingerprint density at radius 2 is 2.35 bits per heavy atom. The number of esters is 1. The van der Waals surface area contributed by atoms with E-state index in [9.17, 15) is 4.79 Å². The monoisotopic (exact) mass is 238 g/mol. The van der Waals surface area contributed by atoms with Crippen LogP contribution in [-0.4, -0.2) is 31.2 Å². The van der Waals surface area contributed by atoms with Gasteiger partial charge in [-0.1, -0.05) is 23.8 Å². The molecule has 0 saturated heterocycles. The molecule has 0 aromatic rings. The molecule has 17 heavy (non-hydrogen) atoms. The number of rotatable bonds is 5. The molecule has 4 heteroatoms. The van der Waals surface area contributed by atoms with Gasteiger partial charge in [-0.3, -0.25) is 4.79 Å². The second-order valence-corrected chi connectivity index (χ2v) is 4.62. The van der Waals surface area contributed by atoms with Crippen molar-refractivity contribution in [2.24, 2.45) is 11.7 Å². The highest BCUT2D eigenvalue weighted by atomic mass is 16.5. The fourth-order valence-corrected chi connectivity index (χ4v) is 2.04. The Kier molecular flexibility index (Phi) is 4.90. The standard InChI is InChI=1S/C13H22N2O2/c1-4-17-12(16)9-15-8-11-10(2)6-5-7-13(11,3)14/h5-7,11,15H,4,8-9,14H2,1-3H3. The highest BCUT2D eigenvalue weighted by Crippen LogP contribution is 2.26. The Bertz CT molecular complexity index is 332. The van der Waals surface area contributed by atoms with Crippen LogP contribution in [0.3, 0.4) is 0 Å². The van der Waals surface area contributed by atoms with Crippen molar-refractivity contribution in [2.45, 2.75) is 26.3 Å². The molecule has 0 bridgehead atoms. The maximum Gasteiger partial charge on any atom is 0.319 e. The minimum atomic E-state index is -0.361. The summed E-state index contributed by atoms with van der Waals surface area (Å²) in [4.78, 5) is 11.2. The molecule has 1 rings (SSSR count). The van der Waals surface area contributed by atoms with Gasteiger partial charge in [0.15, 0.2) is 0 Å². The minimum Gasteiger partial charge on any atom is -0.465 e. The van der Waals surface area contributed by atoms with Crippen molar-refractivity contribution in [1.29, 1.82) is 0 Å². The summed E-state index contributed by atoms with van der Waals surface area (Å²) in [5, 5.41) is 3.10. The first kappa shape index (κ1) is 13.9. The van der Waals surface area contributed by atoms with Crippen molar-refractivity contribution in [3.8, 4) is 0 Å². The molecule has 4 nitrogen and oxygen atoms in total. The first-order valence-corrected chi connectivity index (χ1v) is 5.98. The number of nitrogens with one attached hydrogen (secondary N) is 1. The number of carbonyl (C=O) groups excluding carboxylic acids is 1. The van der Waals surface area contributed by atoms with Gasteiger partial charge in [0.25, 0.3) is 0 Å². The van der Waals surface area contributed by atoms with Crippen LogP contribution in [0.5, 0.6) is 0 Å². The van der Waals surface area contributed by atoms with Gasteiger partial charge in [-0.2, -0.15) is 0 Å². The molecule has 0 aromatic heterocycles. The Hall–Kier alpha value is -1.13. The summed E-state index contributed by atoms with van der Waals surface area (Å²) in [7, 11) is 0. The predicted octanol–water partition coefficient (Wildman–Crippen LogP) is 0.989. The second-order valence-electron chi connectivity index (χ2n) is 4.62. The number of hydrogen-bond acceptors (Lipinski definition) is 4. The molecule has 0 aromatic carbocycles. The summed E-state index contributed by atoms with van der Waals surface area (Å²) < 4.78 is 4.85. The lowest BCUT2D eigenvalue weighted by atomic mass is 9.78. The van der Waals surface area contributed by atoms with E-state index >= 15 is 0 Å². The van der Waals surface area contributed by atoms with E-state index in [1.54, 1.807) is 6.92 Å². The van der Waals surface area contributed by atoms with Gasteiger partial charge in [-0.25, -0.2) is 0 Å². The largest absolute Gasteiger partial charge is 0.465 e. The fourth-order valence-electron chi connectivity index (χ4n) is 2.04. The number of hydrogen-bond donors (Lipinski definition) is 2. The average molecular weight is 238 g/mol. The SMILES string of the molecule is CCOC(=O)CNCC1C(C)=CC=CC1(C)N. The van der Waals surface area contributed by atoms with Crippen molar-refractivity contribution < 1.29 is 9.53 Å². The molecule has 3 N–H and O–H groups in total. The van der Waals surface area contributed by atoms with Gasteiger partial charge >= 0.3 is 5.97 Å². The predicted molar refractivity (Wildman–Crippen MR) is 68.5 cm³/mol. The first-order chi connectivity index (χ1) is 7.97. The molecule has 96 valence electrons. The Morgan fingerprint density at radius 1 is 1.65 bits per heavy atom. The number of allylic oxidation sites excluding steroid dienone is 2. The minimum absolute atomic E-state index is 0.210. The number of carbonyl (C=O) groups is 1. The average Bonchev–Trinajstić information content (AvgIpc) is 2.22. The Morgan fingerprint density at radius 3 is 2.94 bits per heavy atom. The van der Waals surface area contributed by atoms with Gasteiger partial charge in [0.2, 0.25) is 0 Å². The van der Waals surface area contributed by atoms with Crippen LogP contribution in [0.1, 0.15) is 20.8 Å². The lowest BCUT2D eigenvalue weighted by Gasteiger charge is -2.34. The lowest BCUT2D eigenvalue weighted by molar-refractivity contribution is -0.142. The van der Waals surface area contributed by atoms with Crippen molar-refractivity contribution in [2.75, 3.05) is 19.7 Å². The van der Waals surface area contributed by atoms with Gasteiger partial charge in [0.1, 0.15) is 0 Å². The molecule has 2 unspecified atom stereocenters. The van der Waals surface area contributed by atoms with Crippen LogP contribution in [0.2, 0.25) is 0 Å². The second kappa shape index (κ2) is 5.98. The van der Waals surface area contributed by atoms with Crippen LogP contribution < -0.4 is 11.1 Å². The summed E-state index contributed by atoms with van der Waals surface area (Å²) in [6, 6.07) is 0. The van der Waals surface area contributed by atoms with Gasteiger partial charge < -0.3 is 15.8 Å². The van der Waals surface area contributed by atoms with Gasteiger partial charge in [-0.15, -0.1) is 0 Å². The first-order valence-electron chi connectivity index (χ1n) is 5.98. The molecule has 0 aliphatic heterocycles. The third-order valence-corrected chi connectivity index (χ3v) is 3.04. The molecule has 1 aliphatic rings. The summed E-state index contributed by atoms with van der Waals surface area (Å²) in [6.45, 7) is 7.19. The molecular formula is C13H22N2O2. The highest BCUT2D eigenvalue weighted by molar-refractivity contribution is 5.71. The Labute approximate surface area is 103 Å². The molecule has 0 spiro atoms. The van der Waals surface area contributed by atoms with Crippen molar-refractivity contribution >= 4 is 5.97 Å². The maximum atomic E-state index is 11.2. The van der Waals surface area contributed by atoms with Gasteiger partial charge in [-0.05, 0) is 20.8 Å². The third-order valence-electron chi connectivity index (χ3n) is 3.04. The fraction of sp³-hybridized carbons (Fsp3) is 0.615. The number of nitrogens with two attached hydrogens (primary N) is 1. The normalized spacial score (nSPS) is 27.8. The van der Waals surface area contributed by atoms with Gasteiger partial charge in [0.05, 0.1) is 13.2 Å². The van der Waals surface area contributed by atoms with Crippen molar-refractivity contribution in [3.05, 3.63) is 23.8 Å². The lowest BCUT2D eigenvalue weighted by Crippen LogP contribution is -2.48. The van der Waals surface area contributed by atoms with E-state index in [0.717, 1.165) is 0 Å². The summed E-state index contributed by atoms with van der Waals surface area (Å²) >= 11 is 0. The topological polar surface area (TPSA) is 64.3 Å². The van der Waals surface area contributed by atoms with Crippen LogP contribution in [0.25, 0.3) is 0 Å². The van der Waals surface area contributed by atoms with E-state index in [0.29, 0.717) is 13.2 Å². The Balaban J connectivity index is 2.43. The van der Waals surface area contributed by atoms with Crippen molar-refractivity contribution in [1.82, 2.24) is 5.32 Å². The summed E-state index contributed by atoms with van der Waals surface area (Å²) in [5.74, 6) is -0.0128. The van der Waals surface area contributed by atoms with E-state index in [1.165, 1.54) is 5.57 Å². The van der Waals surface area contributed by atoms with Crippen LogP contribution in [0, 0.1) is 5.92 Å². The smallest absolute Gasteiger partial charge is 0.319 e. The zero-order chi connectivity index (χ0) is 12.9. The summed E-state index contributed by atoms with van der Waals surface area (Å²) in [5.41, 5.74) is 7.07. The molecule has 2 atom stereocenters. The van der Waals surface area contributed by atoms with Crippen LogP contribution in [0.15, 0.2) is 23.8 Å². The number of ether oxygens (including phenoxy) is 1. The summed E-state index contributed by atoms with van der Waals surface area (Å²) in [6.07, 6.45) is 6.04. The van der Waals surface area contributed by atoms with Crippen LogP contribution in [-0.2, 0) is 9.53 Å². The van der Waals surface area contributed by atoms with E-state index in [2.05, 4.69) is 18.3 Å². The van der Waals surface area contributed by atoms with Crippen molar-refractivity contribution in [3.63, 3.8) is 0 Å². The van der Waals surface area contributed by atoms with E-state index in [1.807, 2.05) is 19.1 Å².